The molecule has 2 rings (SSSR count). The Hall–Kier alpha value is -2.02. The number of thiophene rings is 1. The van der Waals surface area contributed by atoms with E-state index in [1.54, 1.807) is 31.4 Å². The molecule has 1 N–H and O–H groups in total. The van der Waals surface area contributed by atoms with Crippen molar-refractivity contribution >= 4 is 27.2 Å². The van der Waals surface area contributed by atoms with Crippen LogP contribution >= 0.6 is 11.3 Å². The minimum Gasteiger partial charge on any atom is -0.366 e. The summed E-state index contributed by atoms with van der Waals surface area (Å²) in [6.07, 6.45) is 0. The van der Waals surface area contributed by atoms with E-state index in [9.17, 15) is 13.7 Å². The normalized spacial score (nSPS) is 11.4. The lowest BCUT2D eigenvalue weighted by Crippen LogP contribution is -2.31. The molecule has 2 aromatic heterocycles. The molecule has 0 atom stereocenters. The Balaban J connectivity index is 2.04. The number of hydrogen-bond acceptors (Lipinski definition) is 7. The highest BCUT2D eigenvalue weighted by atomic mass is 32.2. The van der Waals surface area contributed by atoms with E-state index in [0.717, 1.165) is 5.56 Å². The average Bonchev–Trinajstić information content (AvgIpc) is 3.06. The van der Waals surface area contributed by atoms with Crippen LogP contribution in [0, 0.1) is 25.2 Å². The fourth-order valence-electron chi connectivity index (χ4n) is 1.88. The van der Waals surface area contributed by atoms with Crippen LogP contribution in [0.15, 0.2) is 21.7 Å². The second kappa shape index (κ2) is 7.04. The van der Waals surface area contributed by atoms with Gasteiger partial charge in [0.15, 0.2) is 5.82 Å². The van der Waals surface area contributed by atoms with Gasteiger partial charge in [0.1, 0.15) is 15.8 Å². The SMILES string of the molecule is Cc1nnc(NCCN(C)S(=O)(=O)c2cccs2)c(C#N)c1C. The number of aryl methyl sites for hydroxylation is 1. The first kappa shape index (κ1) is 17.3. The molecule has 122 valence electrons. The van der Waals surface area contributed by atoms with Crippen LogP contribution in [0.4, 0.5) is 5.82 Å². The second-order valence-corrected chi connectivity index (χ2v) is 8.15. The first-order valence-corrected chi connectivity index (χ1v) is 9.17. The molecule has 2 heterocycles. The van der Waals surface area contributed by atoms with Gasteiger partial charge in [0.05, 0.1) is 5.69 Å². The third-order valence-electron chi connectivity index (χ3n) is 3.45. The van der Waals surface area contributed by atoms with Crippen molar-refractivity contribution in [1.82, 2.24) is 14.5 Å². The number of likely N-dealkylation sites (N-methyl/N-ethyl adjacent to an activating group) is 1. The van der Waals surface area contributed by atoms with Crippen molar-refractivity contribution in [3.05, 3.63) is 34.3 Å². The molecule has 0 saturated heterocycles. The zero-order chi connectivity index (χ0) is 17.0. The number of nitrogens with one attached hydrogen (secondary N) is 1. The molecule has 0 saturated carbocycles. The summed E-state index contributed by atoms with van der Waals surface area (Å²) in [7, 11) is -1.95. The van der Waals surface area contributed by atoms with Gasteiger partial charge in [0.2, 0.25) is 0 Å². The van der Waals surface area contributed by atoms with Gasteiger partial charge in [-0.15, -0.1) is 16.4 Å². The Kier molecular flexibility index (Phi) is 5.30. The summed E-state index contributed by atoms with van der Waals surface area (Å²) >= 11 is 1.18. The summed E-state index contributed by atoms with van der Waals surface area (Å²) in [5.41, 5.74) is 1.90. The molecule has 23 heavy (non-hydrogen) atoms. The highest BCUT2D eigenvalue weighted by Crippen LogP contribution is 2.20. The van der Waals surface area contributed by atoms with E-state index in [0.29, 0.717) is 27.8 Å². The lowest BCUT2D eigenvalue weighted by atomic mass is 10.1. The van der Waals surface area contributed by atoms with Crippen molar-refractivity contribution in [1.29, 1.82) is 5.26 Å². The van der Waals surface area contributed by atoms with Crippen molar-refractivity contribution in [2.75, 3.05) is 25.5 Å². The van der Waals surface area contributed by atoms with Crippen molar-refractivity contribution in [3.63, 3.8) is 0 Å². The van der Waals surface area contributed by atoms with E-state index in [1.165, 1.54) is 22.7 Å². The van der Waals surface area contributed by atoms with Crippen molar-refractivity contribution < 1.29 is 8.42 Å². The minimum absolute atomic E-state index is 0.250. The molecule has 0 aromatic carbocycles. The predicted octanol–water partition coefficient (Wildman–Crippen LogP) is 1.76. The van der Waals surface area contributed by atoms with Crippen LogP contribution < -0.4 is 5.32 Å². The van der Waals surface area contributed by atoms with Gasteiger partial charge in [-0.2, -0.15) is 14.7 Å². The number of nitriles is 1. The molecular formula is C14H17N5O2S2. The number of aromatic nitrogens is 2. The first-order chi connectivity index (χ1) is 10.9. The van der Waals surface area contributed by atoms with Gasteiger partial charge in [-0.25, -0.2) is 8.42 Å². The Labute approximate surface area is 139 Å². The Morgan fingerprint density at radius 2 is 2.13 bits per heavy atom. The van der Waals surface area contributed by atoms with Crippen LogP contribution in [0.5, 0.6) is 0 Å². The van der Waals surface area contributed by atoms with Crippen molar-refractivity contribution in [2.45, 2.75) is 18.1 Å². The fourth-order valence-corrected chi connectivity index (χ4v) is 4.26. The van der Waals surface area contributed by atoms with E-state index in [-0.39, 0.29) is 6.54 Å². The van der Waals surface area contributed by atoms with Gasteiger partial charge in [-0.1, -0.05) is 6.07 Å². The monoisotopic (exact) mass is 351 g/mol. The topological polar surface area (TPSA) is 99.0 Å². The number of hydrogen-bond donors (Lipinski definition) is 1. The predicted molar refractivity (Wildman–Crippen MR) is 88.8 cm³/mol. The summed E-state index contributed by atoms with van der Waals surface area (Å²) in [5, 5.41) is 21.9. The van der Waals surface area contributed by atoms with Gasteiger partial charge in [0.25, 0.3) is 10.0 Å². The lowest BCUT2D eigenvalue weighted by molar-refractivity contribution is 0.482. The van der Waals surface area contributed by atoms with Gasteiger partial charge in [0, 0.05) is 20.1 Å². The van der Waals surface area contributed by atoms with Gasteiger partial charge < -0.3 is 5.32 Å². The second-order valence-electron chi connectivity index (χ2n) is 4.93. The standard InChI is InChI=1S/C14H17N5O2S2/c1-10-11(2)17-18-14(12(10)9-15)16-6-7-19(3)23(20,21)13-5-4-8-22-13/h4-5,8H,6-7H2,1-3H3,(H,16,18). The number of rotatable bonds is 6. The molecule has 0 unspecified atom stereocenters. The summed E-state index contributed by atoms with van der Waals surface area (Å²) in [6, 6.07) is 5.38. The average molecular weight is 351 g/mol. The third-order valence-corrected chi connectivity index (χ3v) is 6.67. The third kappa shape index (κ3) is 3.67. The molecule has 9 heteroatoms. The zero-order valence-electron chi connectivity index (χ0n) is 13.1. The van der Waals surface area contributed by atoms with Crippen molar-refractivity contribution in [2.24, 2.45) is 0 Å². The van der Waals surface area contributed by atoms with E-state index >= 15 is 0 Å². The first-order valence-electron chi connectivity index (χ1n) is 6.85. The highest BCUT2D eigenvalue weighted by Gasteiger charge is 2.21. The summed E-state index contributed by atoms with van der Waals surface area (Å²) in [5.74, 6) is 0.373. The number of sulfonamides is 1. The Morgan fingerprint density at radius 3 is 2.74 bits per heavy atom. The molecule has 0 bridgehead atoms. The number of anilines is 1. The van der Waals surface area contributed by atoms with Gasteiger partial charge in [-0.05, 0) is 30.9 Å². The van der Waals surface area contributed by atoms with Crippen molar-refractivity contribution in [3.8, 4) is 6.07 Å². The minimum atomic E-state index is -3.47. The van der Waals surface area contributed by atoms with Crippen LogP contribution in [0.25, 0.3) is 0 Å². The smallest absolute Gasteiger partial charge is 0.252 e. The number of nitrogens with zero attached hydrogens (tertiary/aromatic N) is 4. The fraction of sp³-hybridized carbons (Fsp3) is 0.357. The Bertz CT molecular complexity index is 826. The molecule has 0 fully saturated rings. The molecule has 0 aliphatic heterocycles. The maximum Gasteiger partial charge on any atom is 0.252 e. The maximum atomic E-state index is 12.3. The van der Waals surface area contributed by atoms with Crippen LogP contribution in [-0.4, -0.2) is 43.1 Å². The van der Waals surface area contributed by atoms with Gasteiger partial charge >= 0.3 is 0 Å². The van der Waals surface area contributed by atoms with E-state index in [1.807, 2.05) is 0 Å². The van der Waals surface area contributed by atoms with E-state index in [2.05, 4.69) is 21.6 Å². The van der Waals surface area contributed by atoms with Gasteiger partial charge in [-0.3, -0.25) is 0 Å². The van der Waals surface area contributed by atoms with E-state index < -0.39 is 10.0 Å². The molecule has 0 spiro atoms. The van der Waals surface area contributed by atoms with Crippen LogP contribution in [0.1, 0.15) is 16.8 Å². The molecular weight excluding hydrogens is 334 g/mol. The molecule has 0 aliphatic carbocycles. The Morgan fingerprint density at radius 1 is 1.39 bits per heavy atom. The summed E-state index contributed by atoms with van der Waals surface area (Å²) in [6.45, 7) is 4.17. The lowest BCUT2D eigenvalue weighted by Gasteiger charge is -2.17. The summed E-state index contributed by atoms with van der Waals surface area (Å²) < 4.78 is 26.2. The zero-order valence-corrected chi connectivity index (χ0v) is 14.7. The van der Waals surface area contributed by atoms with Crippen LogP contribution in [-0.2, 0) is 10.0 Å². The van der Waals surface area contributed by atoms with Crippen LogP contribution in [0.2, 0.25) is 0 Å². The molecule has 0 amide bonds. The summed E-state index contributed by atoms with van der Waals surface area (Å²) in [4.78, 5) is 0. The van der Waals surface area contributed by atoms with E-state index in [4.69, 9.17) is 0 Å². The maximum absolute atomic E-state index is 12.3. The highest BCUT2D eigenvalue weighted by molar-refractivity contribution is 7.91. The molecule has 0 aliphatic rings. The largest absolute Gasteiger partial charge is 0.366 e. The molecule has 7 nitrogen and oxygen atoms in total. The van der Waals surface area contributed by atoms with Crippen LogP contribution in [0.3, 0.4) is 0 Å². The molecule has 0 radical (unpaired) electrons. The quantitative estimate of drug-likeness (QED) is 0.851. The molecule has 2 aromatic rings.